The van der Waals surface area contributed by atoms with Gasteiger partial charge in [-0.05, 0) is 37.7 Å². The van der Waals surface area contributed by atoms with E-state index in [1.807, 2.05) is 0 Å². The number of rotatable bonds is 5. The van der Waals surface area contributed by atoms with Gasteiger partial charge in [0, 0.05) is 10.9 Å². The van der Waals surface area contributed by atoms with Gasteiger partial charge in [-0.15, -0.1) is 0 Å². The van der Waals surface area contributed by atoms with Gasteiger partial charge < -0.3 is 9.73 Å². The molecule has 0 aliphatic carbocycles. The molecule has 0 saturated heterocycles. The minimum atomic E-state index is -0.509. The zero-order valence-corrected chi connectivity index (χ0v) is 9.57. The standard InChI is InChI=1S/C13H14FNO2/c1-15-11(4-6-14)13(16)10-2-3-12-9(8-10)5-7-17-12/h2-3,5,7-8,11,15H,4,6H2,1H3. The first-order chi connectivity index (χ1) is 8.26. The monoisotopic (exact) mass is 235 g/mol. The number of nitrogens with one attached hydrogen (secondary N) is 1. The third kappa shape index (κ3) is 2.36. The number of hydrogen-bond acceptors (Lipinski definition) is 3. The summed E-state index contributed by atoms with van der Waals surface area (Å²) >= 11 is 0. The fourth-order valence-corrected chi connectivity index (χ4v) is 1.84. The molecule has 0 fully saturated rings. The molecule has 1 N–H and O–H groups in total. The Morgan fingerprint density at radius 3 is 3.00 bits per heavy atom. The van der Waals surface area contributed by atoms with E-state index < -0.39 is 12.7 Å². The summed E-state index contributed by atoms with van der Waals surface area (Å²) in [5, 5.41) is 3.71. The summed E-state index contributed by atoms with van der Waals surface area (Å²) in [6, 6.07) is 6.56. The Bertz CT molecular complexity index is 521. The van der Waals surface area contributed by atoms with Crippen LogP contribution in [0, 0.1) is 0 Å². The van der Waals surface area contributed by atoms with E-state index in [1.165, 1.54) is 0 Å². The van der Waals surface area contributed by atoms with Crippen LogP contribution in [-0.4, -0.2) is 25.5 Å². The molecule has 1 aromatic heterocycles. The molecule has 0 spiro atoms. The molecule has 3 nitrogen and oxygen atoms in total. The summed E-state index contributed by atoms with van der Waals surface area (Å²) in [6.07, 6.45) is 1.77. The first-order valence-electron chi connectivity index (χ1n) is 5.51. The number of halogens is 1. The molecule has 0 aliphatic rings. The summed E-state index contributed by atoms with van der Waals surface area (Å²) in [5.74, 6) is -0.0896. The first-order valence-corrected chi connectivity index (χ1v) is 5.51. The summed E-state index contributed by atoms with van der Waals surface area (Å²) in [4.78, 5) is 12.1. The molecule has 1 aromatic carbocycles. The highest BCUT2D eigenvalue weighted by Gasteiger charge is 2.18. The minimum absolute atomic E-state index is 0.0896. The van der Waals surface area contributed by atoms with Crippen LogP contribution in [0.3, 0.4) is 0 Å². The van der Waals surface area contributed by atoms with E-state index in [9.17, 15) is 9.18 Å². The maximum absolute atomic E-state index is 12.3. The number of benzene rings is 1. The topological polar surface area (TPSA) is 42.2 Å². The van der Waals surface area contributed by atoms with Crippen LogP contribution in [0.4, 0.5) is 4.39 Å². The number of Topliss-reactive ketones (excluding diaryl/α,β-unsaturated/α-hetero) is 1. The van der Waals surface area contributed by atoms with E-state index in [2.05, 4.69) is 5.32 Å². The van der Waals surface area contributed by atoms with Gasteiger partial charge in [0.15, 0.2) is 5.78 Å². The second-order valence-electron chi connectivity index (χ2n) is 3.86. The molecule has 2 rings (SSSR count). The van der Waals surface area contributed by atoms with Crippen molar-refractivity contribution in [2.24, 2.45) is 0 Å². The van der Waals surface area contributed by atoms with Gasteiger partial charge in [0.05, 0.1) is 19.0 Å². The molecule has 1 heterocycles. The van der Waals surface area contributed by atoms with Crippen molar-refractivity contribution in [3.8, 4) is 0 Å². The predicted octanol–water partition coefficient (Wildman–Crippen LogP) is 2.56. The quantitative estimate of drug-likeness (QED) is 0.810. The Balaban J connectivity index is 2.28. The smallest absolute Gasteiger partial charge is 0.179 e. The number of alkyl halides is 1. The maximum atomic E-state index is 12.3. The van der Waals surface area contributed by atoms with Gasteiger partial charge in [0.25, 0.3) is 0 Å². The van der Waals surface area contributed by atoms with Gasteiger partial charge >= 0.3 is 0 Å². The number of furan rings is 1. The Labute approximate surface area is 98.6 Å². The zero-order valence-electron chi connectivity index (χ0n) is 9.57. The van der Waals surface area contributed by atoms with Crippen molar-refractivity contribution in [3.63, 3.8) is 0 Å². The van der Waals surface area contributed by atoms with Crippen molar-refractivity contribution >= 4 is 16.8 Å². The lowest BCUT2D eigenvalue weighted by Crippen LogP contribution is -2.34. The third-order valence-corrected chi connectivity index (χ3v) is 2.80. The van der Waals surface area contributed by atoms with Crippen molar-refractivity contribution in [3.05, 3.63) is 36.1 Å². The molecule has 2 aromatic rings. The number of carbonyl (C=O) groups excluding carboxylic acids is 1. The van der Waals surface area contributed by atoms with Crippen LogP contribution in [0.1, 0.15) is 16.8 Å². The second-order valence-corrected chi connectivity index (χ2v) is 3.86. The molecule has 4 heteroatoms. The van der Waals surface area contributed by atoms with Crippen molar-refractivity contribution in [1.82, 2.24) is 5.32 Å². The van der Waals surface area contributed by atoms with Gasteiger partial charge in [-0.1, -0.05) is 0 Å². The van der Waals surface area contributed by atoms with Crippen molar-refractivity contribution in [2.75, 3.05) is 13.7 Å². The average molecular weight is 235 g/mol. The maximum Gasteiger partial charge on any atom is 0.179 e. The summed E-state index contributed by atoms with van der Waals surface area (Å²) < 4.78 is 17.5. The fraction of sp³-hybridized carbons (Fsp3) is 0.308. The molecule has 1 unspecified atom stereocenters. The number of fused-ring (bicyclic) bond motifs is 1. The van der Waals surface area contributed by atoms with Gasteiger partial charge in [-0.25, -0.2) is 0 Å². The number of ketones is 1. The largest absolute Gasteiger partial charge is 0.464 e. The van der Waals surface area contributed by atoms with Crippen molar-refractivity contribution < 1.29 is 13.6 Å². The molecule has 0 bridgehead atoms. The number of carbonyl (C=O) groups is 1. The van der Waals surface area contributed by atoms with Crippen LogP contribution in [-0.2, 0) is 0 Å². The predicted molar refractivity (Wildman–Crippen MR) is 64.0 cm³/mol. The highest BCUT2D eigenvalue weighted by atomic mass is 19.1. The Kier molecular flexibility index (Phi) is 3.54. The number of likely N-dealkylation sites (N-methyl/N-ethyl adjacent to an activating group) is 1. The Hall–Kier alpha value is -1.68. The average Bonchev–Trinajstić information content (AvgIpc) is 2.82. The van der Waals surface area contributed by atoms with E-state index in [4.69, 9.17) is 4.42 Å². The summed E-state index contributed by atoms with van der Waals surface area (Å²) in [6.45, 7) is -0.509. The second kappa shape index (κ2) is 5.10. The van der Waals surface area contributed by atoms with Crippen LogP contribution in [0.25, 0.3) is 11.0 Å². The van der Waals surface area contributed by atoms with E-state index in [0.29, 0.717) is 5.56 Å². The van der Waals surface area contributed by atoms with Crippen molar-refractivity contribution in [2.45, 2.75) is 12.5 Å². The molecular formula is C13H14FNO2. The molecule has 17 heavy (non-hydrogen) atoms. The van der Waals surface area contributed by atoms with Crippen LogP contribution in [0.2, 0.25) is 0 Å². The van der Waals surface area contributed by atoms with Gasteiger partial charge in [-0.2, -0.15) is 0 Å². The van der Waals surface area contributed by atoms with Crippen LogP contribution in [0.15, 0.2) is 34.9 Å². The van der Waals surface area contributed by atoms with Gasteiger partial charge in [-0.3, -0.25) is 9.18 Å². The zero-order chi connectivity index (χ0) is 12.3. The normalized spacial score (nSPS) is 12.8. The van der Waals surface area contributed by atoms with Crippen LogP contribution >= 0.6 is 0 Å². The molecule has 0 saturated carbocycles. The molecule has 90 valence electrons. The molecule has 0 aliphatic heterocycles. The lowest BCUT2D eigenvalue weighted by molar-refractivity contribution is 0.0938. The summed E-state index contributed by atoms with van der Waals surface area (Å²) in [7, 11) is 1.66. The van der Waals surface area contributed by atoms with E-state index in [0.717, 1.165) is 11.0 Å². The SMILES string of the molecule is CNC(CCF)C(=O)c1ccc2occc2c1. The lowest BCUT2D eigenvalue weighted by atomic mass is 10.0. The van der Waals surface area contributed by atoms with E-state index in [1.54, 1.807) is 37.6 Å². The molecule has 0 radical (unpaired) electrons. The van der Waals surface area contributed by atoms with E-state index in [-0.39, 0.29) is 12.2 Å². The minimum Gasteiger partial charge on any atom is -0.464 e. The first kappa shape index (κ1) is 11.8. The number of hydrogen-bond donors (Lipinski definition) is 1. The fourth-order valence-electron chi connectivity index (χ4n) is 1.84. The Morgan fingerprint density at radius 2 is 2.29 bits per heavy atom. The highest BCUT2D eigenvalue weighted by Crippen LogP contribution is 2.18. The van der Waals surface area contributed by atoms with Crippen LogP contribution in [0.5, 0.6) is 0 Å². The van der Waals surface area contributed by atoms with Crippen LogP contribution < -0.4 is 5.32 Å². The van der Waals surface area contributed by atoms with Gasteiger partial charge in [0.1, 0.15) is 5.58 Å². The highest BCUT2D eigenvalue weighted by molar-refractivity contribution is 6.02. The van der Waals surface area contributed by atoms with Gasteiger partial charge in [0.2, 0.25) is 0 Å². The lowest BCUT2D eigenvalue weighted by Gasteiger charge is -2.12. The molecule has 1 atom stereocenters. The molecular weight excluding hydrogens is 221 g/mol. The summed E-state index contributed by atoms with van der Waals surface area (Å²) in [5.41, 5.74) is 1.32. The third-order valence-electron chi connectivity index (χ3n) is 2.80. The Morgan fingerprint density at radius 1 is 1.47 bits per heavy atom. The van der Waals surface area contributed by atoms with Crippen molar-refractivity contribution in [1.29, 1.82) is 0 Å². The van der Waals surface area contributed by atoms with E-state index >= 15 is 0 Å². The molecule has 0 amide bonds.